The van der Waals surface area contributed by atoms with Crippen molar-refractivity contribution in [3.8, 4) is 5.75 Å². The van der Waals surface area contributed by atoms with Crippen molar-refractivity contribution < 1.29 is 4.74 Å². The van der Waals surface area contributed by atoms with Crippen LogP contribution in [0.4, 0.5) is 0 Å². The number of nitrogens with zero attached hydrogens (tertiary/aromatic N) is 1. The lowest BCUT2D eigenvalue weighted by Crippen LogP contribution is -2.30. The van der Waals surface area contributed by atoms with Gasteiger partial charge in [-0.1, -0.05) is 30.7 Å². The van der Waals surface area contributed by atoms with Gasteiger partial charge in [0.15, 0.2) is 0 Å². The number of hydrogen-bond donors (Lipinski definition) is 0. The molecular weight excluding hydrogens is 306 g/mol. The zero-order valence-electron chi connectivity index (χ0n) is 14.1. The van der Waals surface area contributed by atoms with E-state index in [0.29, 0.717) is 0 Å². The van der Waals surface area contributed by atoms with Crippen LogP contribution in [0.2, 0.25) is 0 Å². The van der Waals surface area contributed by atoms with Gasteiger partial charge in [-0.05, 0) is 80.2 Å². The van der Waals surface area contributed by atoms with Crippen LogP contribution in [0.25, 0.3) is 10.8 Å². The van der Waals surface area contributed by atoms with E-state index in [1.54, 1.807) is 7.11 Å². The fraction of sp³-hybridized carbons (Fsp3) is 0.500. The van der Waals surface area contributed by atoms with E-state index in [0.717, 1.165) is 5.75 Å². The highest BCUT2D eigenvalue weighted by atomic mass is 35.5. The van der Waals surface area contributed by atoms with E-state index in [1.807, 2.05) is 0 Å². The van der Waals surface area contributed by atoms with Gasteiger partial charge in [0.1, 0.15) is 5.75 Å². The number of likely N-dealkylation sites (tertiary alicyclic amines) is 1. The van der Waals surface area contributed by atoms with E-state index in [4.69, 9.17) is 4.74 Å². The maximum atomic E-state index is 5.32. The Labute approximate surface area is 146 Å². The van der Waals surface area contributed by atoms with Crippen molar-refractivity contribution in [1.82, 2.24) is 4.90 Å². The Bertz CT molecular complexity index is 608. The highest BCUT2D eigenvalue weighted by molar-refractivity contribution is 5.87. The van der Waals surface area contributed by atoms with Crippen LogP contribution in [0, 0.1) is 0 Å². The van der Waals surface area contributed by atoms with Crippen molar-refractivity contribution in [1.29, 1.82) is 0 Å². The average Bonchev–Trinajstić information content (AvgIpc) is 2.59. The molecule has 1 saturated heterocycles. The summed E-state index contributed by atoms with van der Waals surface area (Å²) in [5.41, 5.74) is 1.47. The molecule has 0 spiro atoms. The van der Waals surface area contributed by atoms with Crippen LogP contribution in [-0.4, -0.2) is 31.6 Å². The molecule has 126 valence electrons. The third-order valence-electron chi connectivity index (χ3n) is 4.80. The Morgan fingerprint density at radius 3 is 2.61 bits per heavy atom. The molecule has 1 aliphatic rings. The third-order valence-corrected chi connectivity index (χ3v) is 4.80. The van der Waals surface area contributed by atoms with Gasteiger partial charge in [0, 0.05) is 0 Å². The van der Waals surface area contributed by atoms with Gasteiger partial charge >= 0.3 is 0 Å². The molecule has 23 heavy (non-hydrogen) atoms. The Morgan fingerprint density at radius 2 is 1.83 bits per heavy atom. The number of benzene rings is 2. The Morgan fingerprint density at radius 1 is 1.00 bits per heavy atom. The molecule has 0 N–H and O–H groups in total. The molecule has 2 nitrogen and oxygen atoms in total. The number of piperidine rings is 1. The molecule has 2 aromatic rings. The first kappa shape index (κ1) is 18.1. The number of methoxy groups -OCH3 is 1. The number of rotatable bonds is 6. The second-order valence-electron chi connectivity index (χ2n) is 6.36. The fourth-order valence-electron chi connectivity index (χ4n) is 3.51. The standard InChI is InChI=1S/C20H27NO.ClH/c1-22-19-11-12-20-17(9-7-10-18(20)16-19)8-3-6-15-21-13-4-2-5-14-21;/h7,9-12,16H,2-6,8,13-15H2,1H3;1H. The van der Waals surface area contributed by atoms with Gasteiger partial charge < -0.3 is 9.64 Å². The smallest absolute Gasteiger partial charge is 0.119 e. The predicted molar refractivity (Wildman–Crippen MR) is 101 cm³/mol. The predicted octanol–water partition coefficient (Wildman–Crippen LogP) is 5.08. The minimum absolute atomic E-state index is 0. The monoisotopic (exact) mass is 333 g/mol. The van der Waals surface area contributed by atoms with Crippen LogP contribution < -0.4 is 4.74 Å². The lowest BCUT2D eigenvalue weighted by atomic mass is 9.99. The summed E-state index contributed by atoms with van der Waals surface area (Å²) < 4.78 is 5.32. The number of aryl methyl sites for hydroxylation is 1. The van der Waals surface area contributed by atoms with Gasteiger partial charge in [0.2, 0.25) is 0 Å². The summed E-state index contributed by atoms with van der Waals surface area (Å²) in [6.45, 7) is 3.90. The van der Waals surface area contributed by atoms with Crippen LogP contribution in [0.5, 0.6) is 5.75 Å². The van der Waals surface area contributed by atoms with Crippen LogP contribution in [0.1, 0.15) is 37.7 Å². The van der Waals surface area contributed by atoms with Crippen LogP contribution in [-0.2, 0) is 6.42 Å². The van der Waals surface area contributed by atoms with Gasteiger partial charge in [-0.3, -0.25) is 0 Å². The van der Waals surface area contributed by atoms with E-state index < -0.39 is 0 Å². The summed E-state index contributed by atoms with van der Waals surface area (Å²) in [6.07, 6.45) is 7.98. The molecule has 0 atom stereocenters. The second-order valence-corrected chi connectivity index (χ2v) is 6.36. The summed E-state index contributed by atoms with van der Waals surface area (Å²) in [7, 11) is 1.73. The molecule has 0 amide bonds. The zero-order valence-corrected chi connectivity index (χ0v) is 14.9. The fourth-order valence-corrected chi connectivity index (χ4v) is 3.51. The maximum Gasteiger partial charge on any atom is 0.119 e. The zero-order chi connectivity index (χ0) is 15.2. The van der Waals surface area contributed by atoms with E-state index in [1.165, 1.54) is 74.5 Å². The molecule has 0 aromatic heterocycles. The van der Waals surface area contributed by atoms with Gasteiger partial charge in [-0.15, -0.1) is 12.4 Å². The molecule has 0 unspecified atom stereocenters. The van der Waals surface area contributed by atoms with E-state index in [2.05, 4.69) is 41.3 Å². The SMILES string of the molecule is COc1ccc2c(CCCCN3CCCCC3)cccc2c1.Cl. The largest absolute Gasteiger partial charge is 0.497 e. The van der Waals surface area contributed by atoms with Crippen molar-refractivity contribution >= 4 is 23.2 Å². The minimum atomic E-state index is 0. The molecule has 0 aliphatic carbocycles. The Balaban J connectivity index is 0.00000192. The molecule has 0 radical (unpaired) electrons. The third kappa shape index (κ3) is 4.86. The molecular formula is C20H28ClNO. The number of ether oxygens (including phenoxy) is 1. The van der Waals surface area contributed by atoms with Gasteiger partial charge in [0.25, 0.3) is 0 Å². The van der Waals surface area contributed by atoms with Crippen LogP contribution >= 0.6 is 12.4 Å². The van der Waals surface area contributed by atoms with Crippen molar-refractivity contribution in [3.63, 3.8) is 0 Å². The molecule has 3 heteroatoms. The maximum absolute atomic E-state index is 5.32. The topological polar surface area (TPSA) is 12.5 Å². The number of unbranched alkanes of at least 4 members (excludes halogenated alkanes) is 1. The second kappa shape index (κ2) is 9.14. The number of halogens is 1. The minimum Gasteiger partial charge on any atom is -0.497 e. The lowest BCUT2D eigenvalue weighted by molar-refractivity contribution is 0.225. The first-order valence-electron chi connectivity index (χ1n) is 8.65. The van der Waals surface area contributed by atoms with Crippen molar-refractivity contribution in [2.24, 2.45) is 0 Å². The highest BCUT2D eigenvalue weighted by Crippen LogP contribution is 2.25. The van der Waals surface area contributed by atoms with E-state index in [9.17, 15) is 0 Å². The summed E-state index contributed by atoms with van der Waals surface area (Å²) in [5.74, 6) is 0.940. The molecule has 1 aliphatic heterocycles. The molecule has 3 rings (SSSR count). The Hall–Kier alpha value is -1.25. The van der Waals surface area contributed by atoms with E-state index in [-0.39, 0.29) is 12.4 Å². The van der Waals surface area contributed by atoms with Gasteiger partial charge in [0.05, 0.1) is 7.11 Å². The van der Waals surface area contributed by atoms with Crippen LogP contribution in [0.3, 0.4) is 0 Å². The summed E-state index contributed by atoms with van der Waals surface area (Å²) in [6, 6.07) is 13.0. The summed E-state index contributed by atoms with van der Waals surface area (Å²) in [5, 5.41) is 2.66. The lowest BCUT2D eigenvalue weighted by Gasteiger charge is -2.26. The Kier molecular flexibility index (Phi) is 7.19. The van der Waals surface area contributed by atoms with Crippen LogP contribution in [0.15, 0.2) is 36.4 Å². The molecule has 1 fully saturated rings. The molecule has 1 heterocycles. The first-order valence-corrected chi connectivity index (χ1v) is 8.65. The number of fused-ring (bicyclic) bond motifs is 1. The highest BCUT2D eigenvalue weighted by Gasteiger charge is 2.09. The average molecular weight is 334 g/mol. The molecule has 0 bridgehead atoms. The van der Waals surface area contributed by atoms with Crippen molar-refractivity contribution in [3.05, 3.63) is 42.0 Å². The normalized spacial score (nSPS) is 15.3. The van der Waals surface area contributed by atoms with Gasteiger partial charge in [-0.2, -0.15) is 0 Å². The molecule has 0 saturated carbocycles. The number of hydrogen-bond acceptors (Lipinski definition) is 2. The quantitative estimate of drug-likeness (QED) is 0.683. The van der Waals surface area contributed by atoms with Crippen molar-refractivity contribution in [2.75, 3.05) is 26.7 Å². The summed E-state index contributed by atoms with van der Waals surface area (Å²) >= 11 is 0. The summed E-state index contributed by atoms with van der Waals surface area (Å²) in [4.78, 5) is 2.64. The van der Waals surface area contributed by atoms with E-state index >= 15 is 0 Å². The van der Waals surface area contributed by atoms with Crippen molar-refractivity contribution in [2.45, 2.75) is 38.5 Å². The first-order chi connectivity index (χ1) is 10.9. The molecule has 2 aromatic carbocycles. The van der Waals surface area contributed by atoms with Gasteiger partial charge in [-0.25, -0.2) is 0 Å².